The Morgan fingerprint density at radius 2 is 2.12 bits per heavy atom. The van der Waals surface area contributed by atoms with E-state index in [1.165, 1.54) is 4.40 Å². The van der Waals surface area contributed by atoms with Crippen molar-refractivity contribution < 1.29 is 9.34 Å². The number of nitro groups is 1. The average molecular weight is 342 g/mol. The van der Waals surface area contributed by atoms with E-state index in [1.54, 1.807) is 54.4 Å². The summed E-state index contributed by atoms with van der Waals surface area (Å²) < 4.78 is 8.46. The monoisotopic (exact) mass is 342 g/mol. The number of aromatic nitrogens is 5. The Bertz CT molecular complexity index is 1040. The van der Waals surface area contributed by atoms with Gasteiger partial charge in [-0.2, -0.15) is 9.38 Å². The molecule has 0 aliphatic heterocycles. The second-order valence-electron chi connectivity index (χ2n) is 4.87. The van der Waals surface area contributed by atoms with Gasteiger partial charge in [0, 0.05) is 13.1 Å². The van der Waals surface area contributed by atoms with Crippen LogP contribution >= 0.6 is 11.8 Å². The molecule has 0 aliphatic rings. The second-order valence-corrected chi connectivity index (χ2v) is 5.83. The summed E-state index contributed by atoms with van der Waals surface area (Å²) in [4.78, 5) is 15.3. The van der Waals surface area contributed by atoms with E-state index in [4.69, 9.17) is 4.42 Å². The lowest BCUT2D eigenvalue weighted by Crippen LogP contribution is -1.96. The van der Waals surface area contributed by atoms with E-state index in [0.717, 1.165) is 11.8 Å². The fourth-order valence-electron chi connectivity index (χ4n) is 2.31. The van der Waals surface area contributed by atoms with E-state index < -0.39 is 4.92 Å². The van der Waals surface area contributed by atoms with E-state index in [9.17, 15) is 10.1 Å². The zero-order chi connectivity index (χ0) is 16.7. The molecular formula is C14H10N6O3S. The SMILES string of the molecule is Cn1c(Sc2nc3ccccn3c2[N+](=O)[O-])nnc1-c1ccco1. The lowest BCUT2D eigenvalue weighted by atomic mass is 10.4. The molecule has 0 saturated carbocycles. The summed E-state index contributed by atoms with van der Waals surface area (Å²) in [5, 5.41) is 20.3. The Balaban J connectivity index is 1.78. The van der Waals surface area contributed by atoms with E-state index in [1.807, 2.05) is 0 Å². The van der Waals surface area contributed by atoms with E-state index >= 15 is 0 Å². The molecule has 0 radical (unpaired) electrons. The summed E-state index contributed by atoms with van der Waals surface area (Å²) in [5.41, 5.74) is 0.500. The largest absolute Gasteiger partial charge is 0.461 e. The molecule has 120 valence electrons. The molecule has 0 bridgehead atoms. The van der Waals surface area contributed by atoms with Gasteiger partial charge in [0.1, 0.15) is 0 Å². The van der Waals surface area contributed by atoms with Crippen LogP contribution in [0.3, 0.4) is 0 Å². The molecule has 4 aromatic rings. The lowest BCUT2D eigenvalue weighted by molar-refractivity contribution is -0.393. The van der Waals surface area contributed by atoms with E-state index in [-0.39, 0.29) is 10.8 Å². The van der Waals surface area contributed by atoms with Gasteiger partial charge in [0.15, 0.2) is 16.7 Å². The Labute approximate surface area is 139 Å². The Morgan fingerprint density at radius 3 is 2.88 bits per heavy atom. The van der Waals surface area contributed by atoms with Crippen LogP contribution in [-0.2, 0) is 7.05 Å². The van der Waals surface area contributed by atoms with Gasteiger partial charge in [0.25, 0.3) is 0 Å². The van der Waals surface area contributed by atoms with Gasteiger partial charge in [0.05, 0.1) is 12.5 Å². The molecular weight excluding hydrogens is 332 g/mol. The van der Waals surface area contributed by atoms with Crippen LogP contribution in [0.25, 0.3) is 17.2 Å². The van der Waals surface area contributed by atoms with Crippen molar-refractivity contribution in [3.63, 3.8) is 0 Å². The van der Waals surface area contributed by atoms with Crippen LogP contribution < -0.4 is 0 Å². The Morgan fingerprint density at radius 1 is 1.25 bits per heavy atom. The number of rotatable bonds is 4. The maximum atomic E-state index is 11.4. The minimum absolute atomic E-state index is 0.0989. The number of nitrogens with zero attached hydrogens (tertiary/aromatic N) is 6. The molecule has 9 nitrogen and oxygen atoms in total. The van der Waals surface area contributed by atoms with Crippen molar-refractivity contribution >= 4 is 23.2 Å². The van der Waals surface area contributed by atoms with Gasteiger partial charge in [-0.3, -0.25) is 0 Å². The van der Waals surface area contributed by atoms with Crippen LogP contribution in [0.2, 0.25) is 0 Å². The van der Waals surface area contributed by atoms with Gasteiger partial charge in [-0.1, -0.05) is 6.07 Å². The Kier molecular flexibility index (Phi) is 3.31. The fourth-order valence-corrected chi connectivity index (χ4v) is 3.19. The molecule has 0 unspecified atom stereocenters. The molecule has 0 amide bonds. The van der Waals surface area contributed by atoms with Crippen LogP contribution in [0.5, 0.6) is 0 Å². The van der Waals surface area contributed by atoms with Gasteiger partial charge in [0.2, 0.25) is 10.7 Å². The van der Waals surface area contributed by atoms with Gasteiger partial charge < -0.3 is 19.1 Å². The first-order valence-corrected chi connectivity index (χ1v) is 7.69. The first-order chi connectivity index (χ1) is 11.6. The molecule has 0 saturated heterocycles. The van der Waals surface area contributed by atoms with Crippen molar-refractivity contribution in [1.29, 1.82) is 0 Å². The Hall–Kier alpha value is -3.14. The minimum atomic E-state index is -0.452. The molecule has 0 spiro atoms. The molecule has 0 N–H and O–H groups in total. The first-order valence-electron chi connectivity index (χ1n) is 6.88. The van der Waals surface area contributed by atoms with Crippen LogP contribution in [0.1, 0.15) is 0 Å². The topological polar surface area (TPSA) is 104 Å². The van der Waals surface area contributed by atoms with Crippen molar-refractivity contribution in [1.82, 2.24) is 24.1 Å². The number of fused-ring (bicyclic) bond motifs is 1. The standard InChI is InChI=1S/C14H10N6O3S/c1-18-11(9-5-4-8-23-9)16-17-14(18)24-12-13(20(21)22)19-7-3-2-6-10(19)15-12/h2-8H,1H3. The van der Waals surface area contributed by atoms with Gasteiger partial charge in [-0.25, -0.2) is 0 Å². The van der Waals surface area contributed by atoms with Gasteiger partial charge >= 0.3 is 5.82 Å². The molecule has 0 fully saturated rings. The maximum Gasteiger partial charge on any atom is 0.362 e. The highest BCUT2D eigenvalue weighted by Crippen LogP contribution is 2.34. The summed E-state index contributed by atoms with van der Waals surface area (Å²) in [6.45, 7) is 0. The number of imidazole rings is 1. The third kappa shape index (κ3) is 2.24. The molecule has 4 rings (SSSR count). The average Bonchev–Trinajstić information content (AvgIpc) is 3.26. The highest BCUT2D eigenvalue weighted by Gasteiger charge is 2.25. The molecule has 0 aliphatic carbocycles. The van der Waals surface area contributed by atoms with Crippen molar-refractivity contribution in [3.05, 3.63) is 52.9 Å². The number of pyridine rings is 1. The smallest absolute Gasteiger partial charge is 0.362 e. The summed E-state index contributed by atoms with van der Waals surface area (Å²) in [7, 11) is 1.77. The van der Waals surface area contributed by atoms with Crippen molar-refractivity contribution in [3.8, 4) is 11.6 Å². The van der Waals surface area contributed by atoms with E-state index in [2.05, 4.69) is 15.2 Å². The molecule has 4 heterocycles. The minimum Gasteiger partial charge on any atom is -0.461 e. The number of hydrogen-bond acceptors (Lipinski definition) is 7. The number of hydrogen-bond donors (Lipinski definition) is 0. The first kappa shape index (κ1) is 14.5. The molecule has 24 heavy (non-hydrogen) atoms. The summed E-state index contributed by atoms with van der Waals surface area (Å²) >= 11 is 1.09. The molecule has 0 atom stereocenters. The molecule has 0 aromatic carbocycles. The zero-order valence-electron chi connectivity index (χ0n) is 12.4. The predicted molar refractivity (Wildman–Crippen MR) is 84.7 cm³/mol. The van der Waals surface area contributed by atoms with Crippen LogP contribution in [0.15, 0.2) is 57.4 Å². The van der Waals surface area contributed by atoms with Gasteiger partial charge in [-0.05, 0) is 34.9 Å². The van der Waals surface area contributed by atoms with Crippen molar-refractivity contribution in [2.75, 3.05) is 0 Å². The predicted octanol–water partition coefficient (Wildman–Crippen LogP) is 2.78. The molecule has 10 heteroatoms. The van der Waals surface area contributed by atoms with Crippen LogP contribution in [0, 0.1) is 10.1 Å². The zero-order valence-corrected chi connectivity index (χ0v) is 13.2. The normalized spacial score (nSPS) is 11.2. The fraction of sp³-hybridized carbons (Fsp3) is 0.0714. The highest BCUT2D eigenvalue weighted by molar-refractivity contribution is 7.99. The second kappa shape index (κ2) is 5.49. The van der Waals surface area contributed by atoms with Crippen LogP contribution in [-0.4, -0.2) is 29.1 Å². The van der Waals surface area contributed by atoms with Crippen LogP contribution in [0.4, 0.5) is 5.82 Å². The number of furan rings is 1. The third-order valence-electron chi connectivity index (χ3n) is 3.41. The lowest BCUT2D eigenvalue weighted by Gasteiger charge is -2.00. The third-order valence-corrected chi connectivity index (χ3v) is 4.42. The summed E-state index contributed by atoms with van der Waals surface area (Å²) in [6, 6.07) is 8.73. The quantitative estimate of drug-likeness (QED) is 0.415. The van der Waals surface area contributed by atoms with Crippen molar-refractivity contribution in [2.24, 2.45) is 7.05 Å². The van der Waals surface area contributed by atoms with E-state index in [0.29, 0.717) is 22.4 Å². The van der Waals surface area contributed by atoms with Gasteiger partial charge in [-0.15, -0.1) is 10.2 Å². The maximum absolute atomic E-state index is 11.4. The molecule has 4 aromatic heterocycles. The highest BCUT2D eigenvalue weighted by atomic mass is 32.2. The van der Waals surface area contributed by atoms with Crippen molar-refractivity contribution in [2.45, 2.75) is 10.2 Å². The summed E-state index contributed by atoms with van der Waals surface area (Å²) in [6.07, 6.45) is 3.15. The summed E-state index contributed by atoms with van der Waals surface area (Å²) in [5.74, 6) is 1.01.